The Morgan fingerprint density at radius 1 is 1.12 bits per heavy atom. The predicted molar refractivity (Wildman–Crippen MR) is 68.9 cm³/mol. The molecule has 1 aromatic carbocycles. The Bertz CT molecular complexity index is 550. The van der Waals surface area contributed by atoms with Crippen molar-refractivity contribution in [2.24, 2.45) is 5.73 Å². The third-order valence-electron chi connectivity index (χ3n) is 2.37. The molecule has 0 aliphatic heterocycles. The third-order valence-corrected chi connectivity index (χ3v) is 2.37. The Balaban J connectivity index is 0.000000686. The molecule has 2 aromatic rings. The van der Waals surface area contributed by atoms with E-state index >= 15 is 0 Å². The lowest BCUT2D eigenvalue weighted by molar-refractivity contribution is 0.100. The first-order chi connectivity index (χ1) is 8.09. The molecule has 1 amide bonds. The molecule has 2 N–H and O–H groups in total. The van der Waals surface area contributed by atoms with Crippen molar-refractivity contribution in [3.8, 4) is 0 Å². The standard InChI is InChI=1S/C11H11N3O.C2H6/c1-6-7(2)14-10-8(11(12)15)4-3-5-9(10)13-6;1-2/h3-5H,1-2H3,(H2,12,15);1-2H3. The Hall–Kier alpha value is -1.97. The number of aryl methyl sites for hydroxylation is 2. The number of amides is 1. The number of fused-ring (bicyclic) bond motifs is 1. The van der Waals surface area contributed by atoms with Gasteiger partial charge in [0.15, 0.2) is 0 Å². The maximum atomic E-state index is 11.2. The van der Waals surface area contributed by atoms with E-state index in [9.17, 15) is 4.79 Å². The number of hydrogen-bond acceptors (Lipinski definition) is 3. The first kappa shape index (κ1) is 13.1. The molecule has 0 saturated heterocycles. The third kappa shape index (κ3) is 2.58. The van der Waals surface area contributed by atoms with Crippen molar-refractivity contribution in [1.29, 1.82) is 0 Å². The van der Waals surface area contributed by atoms with E-state index in [-0.39, 0.29) is 0 Å². The van der Waals surface area contributed by atoms with Crippen molar-refractivity contribution in [1.82, 2.24) is 9.97 Å². The van der Waals surface area contributed by atoms with Gasteiger partial charge in [-0.1, -0.05) is 19.9 Å². The summed E-state index contributed by atoms with van der Waals surface area (Å²) in [7, 11) is 0. The summed E-state index contributed by atoms with van der Waals surface area (Å²) in [6.45, 7) is 7.75. The van der Waals surface area contributed by atoms with Crippen LogP contribution in [-0.4, -0.2) is 15.9 Å². The minimum atomic E-state index is -0.474. The van der Waals surface area contributed by atoms with Gasteiger partial charge in [-0.15, -0.1) is 0 Å². The molecule has 90 valence electrons. The number of hydrogen-bond donors (Lipinski definition) is 1. The van der Waals surface area contributed by atoms with Crippen LogP contribution in [0.25, 0.3) is 11.0 Å². The number of aromatic nitrogens is 2. The molecule has 0 aliphatic rings. The van der Waals surface area contributed by atoms with Crippen LogP contribution in [0.15, 0.2) is 18.2 Å². The van der Waals surface area contributed by atoms with Gasteiger partial charge in [0.05, 0.1) is 22.5 Å². The van der Waals surface area contributed by atoms with Crippen molar-refractivity contribution in [3.63, 3.8) is 0 Å². The fourth-order valence-electron chi connectivity index (χ4n) is 1.45. The molecule has 4 heteroatoms. The van der Waals surface area contributed by atoms with Gasteiger partial charge in [0, 0.05) is 0 Å². The van der Waals surface area contributed by atoms with E-state index in [1.54, 1.807) is 12.1 Å². The fourth-order valence-corrected chi connectivity index (χ4v) is 1.45. The van der Waals surface area contributed by atoms with Gasteiger partial charge in [-0.05, 0) is 26.0 Å². The van der Waals surface area contributed by atoms with Crippen molar-refractivity contribution >= 4 is 16.9 Å². The number of primary amides is 1. The molecule has 0 saturated carbocycles. The van der Waals surface area contributed by atoms with Crippen molar-refractivity contribution in [2.75, 3.05) is 0 Å². The van der Waals surface area contributed by atoms with Gasteiger partial charge < -0.3 is 5.73 Å². The van der Waals surface area contributed by atoms with Crippen molar-refractivity contribution in [3.05, 3.63) is 35.2 Å². The summed E-state index contributed by atoms with van der Waals surface area (Å²) in [5.41, 5.74) is 8.64. The number of rotatable bonds is 1. The normalized spacial score (nSPS) is 9.65. The van der Waals surface area contributed by atoms with Crippen molar-refractivity contribution < 1.29 is 4.79 Å². The highest BCUT2D eigenvalue weighted by molar-refractivity contribution is 6.03. The van der Waals surface area contributed by atoms with Crippen LogP contribution in [0.5, 0.6) is 0 Å². The molecule has 0 spiro atoms. The largest absolute Gasteiger partial charge is 0.366 e. The molecule has 0 radical (unpaired) electrons. The zero-order valence-corrected chi connectivity index (χ0v) is 10.6. The maximum absolute atomic E-state index is 11.2. The average Bonchev–Trinajstić information content (AvgIpc) is 2.32. The highest BCUT2D eigenvalue weighted by Gasteiger charge is 2.09. The number of nitrogens with two attached hydrogens (primary N) is 1. The molecule has 17 heavy (non-hydrogen) atoms. The molecule has 0 atom stereocenters. The molecular weight excluding hydrogens is 214 g/mol. The Labute approximate surface area is 101 Å². The molecule has 0 aliphatic carbocycles. The summed E-state index contributed by atoms with van der Waals surface area (Å²) in [6, 6.07) is 5.24. The van der Waals surface area contributed by atoms with E-state index in [0.29, 0.717) is 16.6 Å². The summed E-state index contributed by atoms with van der Waals surface area (Å²) in [5, 5.41) is 0. The Morgan fingerprint density at radius 3 is 2.29 bits per heavy atom. The average molecular weight is 231 g/mol. The first-order valence-electron chi connectivity index (χ1n) is 5.63. The molecular formula is C13H17N3O. The zero-order chi connectivity index (χ0) is 13.0. The van der Waals surface area contributed by atoms with Crippen LogP contribution < -0.4 is 5.73 Å². The monoisotopic (exact) mass is 231 g/mol. The van der Waals surface area contributed by atoms with E-state index in [0.717, 1.165) is 11.4 Å². The molecule has 0 unspecified atom stereocenters. The summed E-state index contributed by atoms with van der Waals surface area (Å²) in [4.78, 5) is 19.8. The summed E-state index contributed by atoms with van der Waals surface area (Å²) in [6.07, 6.45) is 0. The minimum Gasteiger partial charge on any atom is -0.366 e. The van der Waals surface area contributed by atoms with E-state index in [1.807, 2.05) is 33.8 Å². The van der Waals surface area contributed by atoms with Gasteiger partial charge in [0.25, 0.3) is 5.91 Å². The number of nitrogens with zero attached hydrogens (tertiary/aromatic N) is 2. The van der Waals surface area contributed by atoms with Crippen LogP contribution >= 0.6 is 0 Å². The van der Waals surface area contributed by atoms with Gasteiger partial charge >= 0.3 is 0 Å². The van der Waals surface area contributed by atoms with Gasteiger partial charge in [0.2, 0.25) is 0 Å². The lowest BCUT2D eigenvalue weighted by Gasteiger charge is -2.04. The number of carbonyl (C=O) groups excluding carboxylic acids is 1. The zero-order valence-electron chi connectivity index (χ0n) is 10.6. The minimum absolute atomic E-state index is 0.420. The summed E-state index contributed by atoms with van der Waals surface area (Å²) >= 11 is 0. The van der Waals surface area contributed by atoms with Crippen molar-refractivity contribution in [2.45, 2.75) is 27.7 Å². The van der Waals surface area contributed by atoms with Crippen LogP contribution in [0.3, 0.4) is 0 Å². The molecule has 0 fully saturated rings. The number of carbonyl (C=O) groups is 1. The van der Waals surface area contributed by atoms with Crippen LogP contribution in [0.2, 0.25) is 0 Å². The van der Waals surface area contributed by atoms with Crippen LogP contribution in [0.4, 0.5) is 0 Å². The highest BCUT2D eigenvalue weighted by Crippen LogP contribution is 2.16. The quantitative estimate of drug-likeness (QED) is 0.819. The van der Waals surface area contributed by atoms with Gasteiger partial charge in [0.1, 0.15) is 5.52 Å². The van der Waals surface area contributed by atoms with Gasteiger partial charge in [-0.25, -0.2) is 9.97 Å². The Morgan fingerprint density at radius 2 is 1.71 bits per heavy atom. The van der Waals surface area contributed by atoms with E-state index < -0.39 is 5.91 Å². The number of benzene rings is 1. The topological polar surface area (TPSA) is 68.9 Å². The number of para-hydroxylation sites is 1. The highest BCUT2D eigenvalue weighted by atomic mass is 16.1. The van der Waals surface area contributed by atoms with Gasteiger partial charge in [-0.2, -0.15) is 0 Å². The lowest BCUT2D eigenvalue weighted by Crippen LogP contribution is -2.12. The van der Waals surface area contributed by atoms with E-state index in [2.05, 4.69) is 9.97 Å². The fraction of sp³-hybridized carbons (Fsp3) is 0.308. The van der Waals surface area contributed by atoms with Crippen LogP contribution in [0.1, 0.15) is 35.6 Å². The summed E-state index contributed by atoms with van der Waals surface area (Å²) < 4.78 is 0. The Kier molecular flexibility index (Phi) is 4.15. The smallest absolute Gasteiger partial charge is 0.250 e. The van der Waals surface area contributed by atoms with Crippen LogP contribution in [-0.2, 0) is 0 Å². The molecule has 0 bridgehead atoms. The van der Waals surface area contributed by atoms with Crippen LogP contribution in [0, 0.1) is 13.8 Å². The lowest BCUT2D eigenvalue weighted by atomic mass is 10.1. The van der Waals surface area contributed by atoms with Gasteiger partial charge in [-0.3, -0.25) is 4.79 Å². The first-order valence-corrected chi connectivity index (χ1v) is 5.63. The SMILES string of the molecule is CC.Cc1nc2cccc(C(N)=O)c2nc1C. The molecule has 1 heterocycles. The maximum Gasteiger partial charge on any atom is 0.250 e. The second-order valence-corrected chi connectivity index (χ2v) is 3.43. The molecule has 1 aromatic heterocycles. The molecule has 4 nitrogen and oxygen atoms in total. The summed E-state index contributed by atoms with van der Waals surface area (Å²) in [5.74, 6) is -0.474. The molecule has 2 rings (SSSR count). The predicted octanol–water partition coefficient (Wildman–Crippen LogP) is 2.37. The second kappa shape index (κ2) is 5.39. The van der Waals surface area contributed by atoms with E-state index in [4.69, 9.17) is 5.73 Å². The van der Waals surface area contributed by atoms with E-state index in [1.165, 1.54) is 0 Å². The second-order valence-electron chi connectivity index (χ2n) is 3.43.